The lowest BCUT2D eigenvalue weighted by molar-refractivity contribution is -0.121. The fourth-order valence-electron chi connectivity index (χ4n) is 3.02. The van der Waals surface area contributed by atoms with E-state index in [1.165, 1.54) is 18.6 Å². The molecule has 0 bridgehead atoms. The Morgan fingerprint density at radius 3 is 2.71 bits per heavy atom. The number of halogens is 1. The number of rotatable bonds is 7. The Morgan fingerprint density at radius 2 is 2.04 bits per heavy atom. The van der Waals surface area contributed by atoms with Crippen molar-refractivity contribution in [2.75, 3.05) is 32.4 Å². The van der Waals surface area contributed by atoms with Gasteiger partial charge in [0.1, 0.15) is 5.82 Å². The van der Waals surface area contributed by atoms with Gasteiger partial charge < -0.3 is 10.2 Å². The highest BCUT2D eigenvalue weighted by molar-refractivity contribution is 7.91. The molecule has 2 rings (SSSR count). The molecule has 1 amide bonds. The first-order chi connectivity index (χ1) is 11.4. The molecule has 1 atom stereocenters. The van der Waals surface area contributed by atoms with Crippen LogP contribution in [0.15, 0.2) is 29.2 Å². The molecule has 5 nitrogen and oxygen atoms in total. The standard InChI is InChI=1S/C17H25FN2O3S/c1-20-11-2-3-14(13-20)4-9-17(21)19-10-12-24(22,23)16-7-5-15(18)6-8-16/h5-8,14H,2-4,9-13H2,1H3,(H,19,21)/t14-/m1/s1. The molecule has 1 aromatic rings. The number of nitrogens with one attached hydrogen (secondary N) is 1. The van der Waals surface area contributed by atoms with Gasteiger partial charge in [-0.25, -0.2) is 12.8 Å². The quantitative estimate of drug-likeness (QED) is 0.757. The maximum absolute atomic E-state index is 12.8. The predicted octanol–water partition coefficient (Wildman–Crippen LogP) is 1.84. The molecule has 1 aliphatic heterocycles. The van der Waals surface area contributed by atoms with E-state index in [4.69, 9.17) is 0 Å². The van der Waals surface area contributed by atoms with Crippen LogP contribution in [0.5, 0.6) is 0 Å². The van der Waals surface area contributed by atoms with Crippen LogP contribution < -0.4 is 5.32 Å². The van der Waals surface area contributed by atoms with Gasteiger partial charge in [-0.1, -0.05) is 0 Å². The molecule has 24 heavy (non-hydrogen) atoms. The van der Waals surface area contributed by atoms with E-state index in [-0.39, 0.29) is 23.1 Å². The predicted molar refractivity (Wildman–Crippen MR) is 90.9 cm³/mol. The summed E-state index contributed by atoms with van der Waals surface area (Å²) in [5, 5.41) is 2.66. The average Bonchev–Trinajstić information content (AvgIpc) is 2.53. The topological polar surface area (TPSA) is 66.5 Å². The summed E-state index contributed by atoms with van der Waals surface area (Å²) in [5.41, 5.74) is 0. The van der Waals surface area contributed by atoms with Gasteiger partial charge in [0.15, 0.2) is 9.84 Å². The third-order valence-corrected chi connectivity index (χ3v) is 6.10. The van der Waals surface area contributed by atoms with Crippen LogP contribution in [0.1, 0.15) is 25.7 Å². The van der Waals surface area contributed by atoms with Crippen LogP contribution in [0.3, 0.4) is 0 Å². The number of nitrogens with zero attached hydrogens (tertiary/aromatic N) is 1. The van der Waals surface area contributed by atoms with Crippen LogP contribution in [-0.4, -0.2) is 51.7 Å². The van der Waals surface area contributed by atoms with Crippen molar-refractivity contribution in [2.24, 2.45) is 5.92 Å². The largest absolute Gasteiger partial charge is 0.355 e. The van der Waals surface area contributed by atoms with E-state index in [0.717, 1.165) is 38.1 Å². The Labute approximate surface area is 143 Å². The van der Waals surface area contributed by atoms with Crippen LogP contribution >= 0.6 is 0 Å². The van der Waals surface area contributed by atoms with E-state index < -0.39 is 15.7 Å². The summed E-state index contributed by atoms with van der Waals surface area (Å²) in [4.78, 5) is 14.2. The zero-order valence-electron chi connectivity index (χ0n) is 14.0. The van der Waals surface area contributed by atoms with Gasteiger partial charge in [0.05, 0.1) is 10.6 Å². The Bertz CT molecular complexity index is 646. The summed E-state index contributed by atoms with van der Waals surface area (Å²) in [7, 11) is -1.41. The van der Waals surface area contributed by atoms with Crippen molar-refractivity contribution in [3.8, 4) is 0 Å². The third kappa shape index (κ3) is 5.87. The maximum Gasteiger partial charge on any atom is 0.220 e. The van der Waals surface area contributed by atoms with Crippen LogP contribution in [0.4, 0.5) is 4.39 Å². The van der Waals surface area contributed by atoms with Crippen LogP contribution in [0.2, 0.25) is 0 Å². The summed E-state index contributed by atoms with van der Waals surface area (Å²) in [5.74, 6) is -0.234. The fourth-order valence-corrected chi connectivity index (χ4v) is 4.17. The molecule has 1 aliphatic rings. The van der Waals surface area contributed by atoms with Crippen LogP contribution in [-0.2, 0) is 14.6 Å². The lowest BCUT2D eigenvalue weighted by Gasteiger charge is -2.29. The van der Waals surface area contributed by atoms with E-state index in [0.29, 0.717) is 12.3 Å². The van der Waals surface area contributed by atoms with E-state index in [9.17, 15) is 17.6 Å². The smallest absolute Gasteiger partial charge is 0.220 e. The van der Waals surface area contributed by atoms with E-state index in [1.807, 2.05) is 0 Å². The van der Waals surface area contributed by atoms with Gasteiger partial charge in [0, 0.05) is 19.5 Å². The molecule has 1 heterocycles. The molecule has 1 aromatic carbocycles. The molecule has 0 aromatic heterocycles. The first kappa shape index (κ1) is 18.9. The Kier molecular flexibility index (Phi) is 6.74. The van der Waals surface area contributed by atoms with Crippen molar-refractivity contribution in [3.63, 3.8) is 0 Å². The Morgan fingerprint density at radius 1 is 1.33 bits per heavy atom. The first-order valence-electron chi connectivity index (χ1n) is 8.30. The number of sulfone groups is 1. The Balaban J connectivity index is 1.71. The van der Waals surface area contributed by atoms with Gasteiger partial charge in [-0.15, -0.1) is 0 Å². The SMILES string of the molecule is CN1CCC[C@H](CCC(=O)NCCS(=O)(=O)c2ccc(F)cc2)C1. The van der Waals surface area contributed by atoms with Crippen molar-refractivity contribution < 1.29 is 17.6 Å². The normalized spacial score (nSPS) is 19.2. The number of likely N-dealkylation sites (tertiary alicyclic amines) is 1. The van der Waals surface area contributed by atoms with Crippen molar-refractivity contribution >= 4 is 15.7 Å². The lowest BCUT2D eigenvalue weighted by Crippen LogP contribution is -2.33. The van der Waals surface area contributed by atoms with Gasteiger partial charge in [-0.3, -0.25) is 4.79 Å². The molecule has 134 valence electrons. The second-order valence-corrected chi connectivity index (χ2v) is 8.54. The highest BCUT2D eigenvalue weighted by atomic mass is 32.2. The minimum absolute atomic E-state index is 0.0725. The van der Waals surface area contributed by atoms with Crippen LogP contribution in [0, 0.1) is 11.7 Å². The molecule has 0 spiro atoms. The maximum atomic E-state index is 12.8. The van der Waals surface area contributed by atoms with Gasteiger partial charge >= 0.3 is 0 Å². The molecule has 1 fully saturated rings. The molecule has 0 saturated carbocycles. The summed E-state index contributed by atoms with van der Waals surface area (Å²) >= 11 is 0. The number of carbonyl (C=O) groups excluding carboxylic acids is 1. The Hall–Kier alpha value is -1.47. The number of amides is 1. The minimum atomic E-state index is -3.50. The second-order valence-electron chi connectivity index (χ2n) is 6.43. The van der Waals surface area contributed by atoms with Crippen molar-refractivity contribution in [1.82, 2.24) is 10.2 Å². The van der Waals surface area contributed by atoms with Crippen molar-refractivity contribution in [3.05, 3.63) is 30.1 Å². The zero-order valence-corrected chi connectivity index (χ0v) is 14.8. The number of carbonyl (C=O) groups is 1. The highest BCUT2D eigenvalue weighted by Crippen LogP contribution is 2.19. The monoisotopic (exact) mass is 356 g/mol. The molecule has 7 heteroatoms. The average molecular weight is 356 g/mol. The van der Waals surface area contributed by atoms with Gasteiger partial charge in [-0.05, 0) is 63.0 Å². The number of hydrogen-bond donors (Lipinski definition) is 1. The van der Waals surface area contributed by atoms with E-state index >= 15 is 0 Å². The summed E-state index contributed by atoms with van der Waals surface area (Å²) in [6, 6.07) is 4.72. The van der Waals surface area contributed by atoms with Gasteiger partial charge in [-0.2, -0.15) is 0 Å². The van der Waals surface area contributed by atoms with Crippen LogP contribution in [0.25, 0.3) is 0 Å². The molecule has 1 N–H and O–H groups in total. The number of piperidine rings is 1. The molecular formula is C17H25FN2O3S. The van der Waals surface area contributed by atoms with Gasteiger partial charge in [0.25, 0.3) is 0 Å². The van der Waals surface area contributed by atoms with Crippen molar-refractivity contribution in [2.45, 2.75) is 30.6 Å². The third-order valence-electron chi connectivity index (χ3n) is 4.37. The summed E-state index contributed by atoms with van der Waals surface area (Å²) in [6.07, 6.45) is 3.57. The van der Waals surface area contributed by atoms with E-state index in [2.05, 4.69) is 17.3 Å². The van der Waals surface area contributed by atoms with Crippen molar-refractivity contribution in [1.29, 1.82) is 0 Å². The zero-order chi connectivity index (χ0) is 17.6. The number of benzene rings is 1. The minimum Gasteiger partial charge on any atom is -0.355 e. The lowest BCUT2D eigenvalue weighted by atomic mass is 9.93. The summed E-state index contributed by atoms with van der Waals surface area (Å²) < 4.78 is 37.0. The molecule has 0 radical (unpaired) electrons. The highest BCUT2D eigenvalue weighted by Gasteiger charge is 2.18. The van der Waals surface area contributed by atoms with Gasteiger partial charge in [0.2, 0.25) is 5.91 Å². The molecule has 0 unspecified atom stereocenters. The van der Waals surface area contributed by atoms with E-state index in [1.54, 1.807) is 0 Å². The first-order valence-corrected chi connectivity index (χ1v) is 9.95. The molecule has 0 aliphatic carbocycles. The summed E-state index contributed by atoms with van der Waals surface area (Å²) in [6.45, 7) is 2.21. The second kappa shape index (κ2) is 8.58. The molecular weight excluding hydrogens is 331 g/mol. The number of hydrogen-bond acceptors (Lipinski definition) is 4. The fraction of sp³-hybridized carbons (Fsp3) is 0.588. The molecule has 1 saturated heterocycles.